The molecule has 1 aromatic carbocycles. The van der Waals surface area contributed by atoms with Gasteiger partial charge in [0.05, 0.1) is 23.6 Å². The molecule has 0 saturated heterocycles. The average Bonchev–Trinajstić information content (AvgIpc) is 2.93. The lowest BCUT2D eigenvalue weighted by Gasteiger charge is -2.11. The second-order valence-corrected chi connectivity index (χ2v) is 5.12. The molecule has 3 aromatic rings. The van der Waals surface area contributed by atoms with Crippen molar-refractivity contribution < 1.29 is 9.50 Å². The van der Waals surface area contributed by atoms with Crippen LogP contribution in [0.4, 0.5) is 10.1 Å². The van der Waals surface area contributed by atoms with Crippen LogP contribution in [0.2, 0.25) is 0 Å². The molecule has 22 heavy (non-hydrogen) atoms. The summed E-state index contributed by atoms with van der Waals surface area (Å²) in [5, 5.41) is 17.1. The van der Waals surface area contributed by atoms with Gasteiger partial charge in [-0.2, -0.15) is 5.10 Å². The van der Waals surface area contributed by atoms with Gasteiger partial charge in [0, 0.05) is 29.9 Å². The number of nitrogens with zero attached hydrogens (tertiary/aromatic N) is 3. The summed E-state index contributed by atoms with van der Waals surface area (Å²) in [5.74, 6) is -0.372. The summed E-state index contributed by atoms with van der Waals surface area (Å²) in [6.45, 7) is 2.78. The number of anilines is 1. The highest BCUT2D eigenvalue weighted by Gasteiger charge is 2.07. The van der Waals surface area contributed by atoms with Gasteiger partial charge in [-0.25, -0.2) is 9.07 Å². The molecule has 114 valence electrons. The number of hydrogen-bond donors (Lipinski definition) is 2. The van der Waals surface area contributed by atoms with Gasteiger partial charge in [0.2, 0.25) is 0 Å². The zero-order chi connectivity index (χ0) is 15.5. The van der Waals surface area contributed by atoms with E-state index in [4.69, 9.17) is 5.11 Å². The monoisotopic (exact) mass is 300 g/mol. The molecule has 2 aromatic heterocycles. The lowest BCUT2D eigenvalue weighted by atomic mass is 10.1. The van der Waals surface area contributed by atoms with Crippen LogP contribution in [0, 0.1) is 12.7 Å². The number of aromatic nitrogens is 3. The Morgan fingerprint density at radius 2 is 2.18 bits per heavy atom. The third-order valence-electron chi connectivity index (χ3n) is 3.39. The van der Waals surface area contributed by atoms with Gasteiger partial charge in [-0.3, -0.25) is 4.98 Å². The Morgan fingerprint density at radius 3 is 2.91 bits per heavy atom. The number of benzene rings is 1. The van der Waals surface area contributed by atoms with Crippen LogP contribution in [-0.2, 0) is 0 Å². The molecule has 0 aliphatic rings. The Morgan fingerprint density at radius 1 is 1.32 bits per heavy atom. The number of aryl methyl sites for hydroxylation is 1. The van der Waals surface area contributed by atoms with Gasteiger partial charge in [-0.05, 0) is 37.6 Å². The molecule has 0 amide bonds. The Kier molecular flexibility index (Phi) is 4.02. The Labute approximate surface area is 127 Å². The summed E-state index contributed by atoms with van der Waals surface area (Å²) in [7, 11) is 0. The van der Waals surface area contributed by atoms with Crippen molar-refractivity contribution in [3.63, 3.8) is 0 Å². The first-order valence-electron chi connectivity index (χ1n) is 7.14. The van der Waals surface area contributed by atoms with Crippen molar-refractivity contribution in [2.75, 3.05) is 18.5 Å². The molecular weight excluding hydrogens is 283 g/mol. The van der Waals surface area contributed by atoms with E-state index in [0.29, 0.717) is 13.0 Å². The molecule has 3 rings (SSSR count). The SMILES string of the molecule is Cc1cc(NCCCO)c2ccc(-n3cc(F)cn3)cc2n1. The molecule has 2 heterocycles. The molecular formula is C16H17FN4O. The van der Waals surface area contributed by atoms with Gasteiger partial charge in [-0.1, -0.05) is 0 Å². The molecule has 0 radical (unpaired) electrons. The maximum Gasteiger partial charge on any atom is 0.161 e. The number of rotatable bonds is 5. The highest BCUT2D eigenvalue weighted by molar-refractivity contribution is 5.92. The molecule has 0 atom stereocenters. The summed E-state index contributed by atoms with van der Waals surface area (Å²) < 4.78 is 14.6. The summed E-state index contributed by atoms with van der Waals surface area (Å²) >= 11 is 0. The third kappa shape index (κ3) is 2.92. The van der Waals surface area contributed by atoms with Crippen LogP contribution in [0.1, 0.15) is 12.1 Å². The van der Waals surface area contributed by atoms with Gasteiger partial charge in [-0.15, -0.1) is 0 Å². The quantitative estimate of drug-likeness (QED) is 0.711. The number of aliphatic hydroxyl groups excluding tert-OH is 1. The van der Waals surface area contributed by atoms with Crippen LogP contribution in [0.15, 0.2) is 36.7 Å². The average molecular weight is 300 g/mol. The second kappa shape index (κ2) is 6.11. The maximum absolute atomic E-state index is 13.1. The van der Waals surface area contributed by atoms with E-state index in [1.54, 1.807) is 0 Å². The molecule has 5 nitrogen and oxygen atoms in total. The topological polar surface area (TPSA) is 63.0 Å². The Bertz CT molecular complexity index is 800. The minimum atomic E-state index is -0.372. The first kappa shape index (κ1) is 14.5. The van der Waals surface area contributed by atoms with Crippen LogP contribution in [0.5, 0.6) is 0 Å². The maximum atomic E-state index is 13.1. The minimum absolute atomic E-state index is 0.157. The van der Waals surface area contributed by atoms with E-state index >= 15 is 0 Å². The largest absolute Gasteiger partial charge is 0.396 e. The van der Waals surface area contributed by atoms with Gasteiger partial charge >= 0.3 is 0 Å². The highest BCUT2D eigenvalue weighted by atomic mass is 19.1. The van der Waals surface area contributed by atoms with Crippen LogP contribution in [0.25, 0.3) is 16.6 Å². The fraction of sp³-hybridized carbons (Fsp3) is 0.250. The molecule has 6 heteroatoms. The van der Waals surface area contributed by atoms with E-state index in [2.05, 4.69) is 15.4 Å². The van der Waals surface area contributed by atoms with Gasteiger partial charge in [0.15, 0.2) is 5.82 Å². The molecule has 2 N–H and O–H groups in total. The number of halogens is 1. The van der Waals surface area contributed by atoms with E-state index in [9.17, 15) is 4.39 Å². The standard InChI is InChI=1S/C16H17FN4O/c1-11-7-15(18-5-2-6-22)14-4-3-13(8-16(14)20-11)21-10-12(17)9-19-21/h3-4,7-10,22H,2,5-6H2,1H3,(H,18,20). The molecule has 0 spiro atoms. The van der Waals surface area contributed by atoms with Gasteiger partial charge in [0.1, 0.15) is 0 Å². The highest BCUT2D eigenvalue weighted by Crippen LogP contribution is 2.25. The fourth-order valence-electron chi connectivity index (χ4n) is 2.38. The first-order valence-corrected chi connectivity index (χ1v) is 7.14. The number of nitrogens with one attached hydrogen (secondary N) is 1. The smallest absolute Gasteiger partial charge is 0.161 e. The van der Waals surface area contributed by atoms with Crippen molar-refractivity contribution in [1.29, 1.82) is 0 Å². The van der Waals surface area contributed by atoms with Crippen molar-refractivity contribution in [1.82, 2.24) is 14.8 Å². The summed E-state index contributed by atoms with van der Waals surface area (Å²) in [6, 6.07) is 7.68. The zero-order valence-electron chi connectivity index (χ0n) is 12.3. The molecule has 0 aliphatic heterocycles. The normalized spacial score (nSPS) is 11.0. The van der Waals surface area contributed by atoms with Crippen molar-refractivity contribution >= 4 is 16.6 Å². The predicted molar refractivity (Wildman–Crippen MR) is 83.8 cm³/mol. The van der Waals surface area contributed by atoms with Crippen LogP contribution in [0.3, 0.4) is 0 Å². The molecule has 0 saturated carbocycles. The Balaban J connectivity index is 2.01. The van der Waals surface area contributed by atoms with E-state index in [-0.39, 0.29) is 12.4 Å². The number of fused-ring (bicyclic) bond motifs is 1. The number of hydrogen-bond acceptors (Lipinski definition) is 4. The Hall–Kier alpha value is -2.47. The minimum Gasteiger partial charge on any atom is -0.396 e. The second-order valence-electron chi connectivity index (χ2n) is 5.12. The first-order chi connectivity index (χ1) is 10.7. The lowest BCUT2D eigenvalue weighted by Crippen LogP contribution is -2.05. The van der Waals surface area contributed by atoms with Crippen molar-refractivity contribution in [3.8, 4) is 5.69 Å². The fourth-order valence-corrected chi connectivity index (χ4v) is 2.38. The van der Waals surface area contributed by atoms with Crippen LogP contribution < -0.4 is 5.32 Å². The summed E-state index contributed by atoms with van der Waals surface area (Å²) in [6.07, 6.45) is 3.20. The third-order valence-corrected chi connectivity index (χ3v) is 3.39. The molecule has 0 aliphatic carbocycles. The summed E-state index contributed by atoms with van der Waals surface area (Å²) in [4.78, 5) is 4.53. The zero-order valence-corrected chi connectivity index (χ0v) is 12.3. The molecule has 0 fully saturated rings. The molecule has 0 bridgehead atoms. The molecule has 0 unspecified atom stereocenters. The van der Waals surface area contributed by atoms with Crippen LogP contribution in [-0.4, -0.2) is 33.0 Å². The van der Waals surface area contributed by atoms with Gasteiger partial charge < -0.3 is 10.4 Å². The predicted octanol–water partition coefficient (Wildman–Crippen LogP) is 2.66. The lowest BCUT2D eigenvalue weighted by molar-refractivity contribution is 0.292. The van der Waals surface area contributed by atoms with Crippen LogP contribution >= 0.6 is 0 Å². The van der Waals surface area contributed by atoms with E-state index in [0.717, 1.165) is 28.0 Å². The van der Waals surface area contributed by atoms with Crippen molar-refractivity contribution in [2.45, 2.75) is 13.3 Å². The van der Waals surface area contributed by atoms with Crippen molar-refractivity contribution in [3.05, 3.63) is 48.2 Å². The summed E-state index contributed by atoms with van der Waals surface area (Å²) in [5.41, 5.74) is 3.45. The number of pyridine rings is 1. The van der Waals surface area contributed by atoms with E-state index in [1.807, 2.05) is 31.2 Å². The van der Waals surface area contributed by atoms with E-state index < -0.39 is 0 Å². The number of aliphatic hydroxyl groups is 1. The van der Waals surface area contributed by atoms with Crippen molar-refractivity contribution in [2.24, 2.45) is 0 Å². The van der Waals surface area contributed by atoms with Gasteiger partial charge in [0.25, 0.3) is 0 Å². The van der Waals surface area contributed by atoms with E-state index in [1.165, 1.54) is 17.1 Å².